The number of amides is 1. The fourth-order valence-corrected chi connectivity index (χ4v) is 2.63. The SMILES string of the molecule is CC1CC(CN)CN1C(=O)CCn1cc(Cl)cn1. The number of hydrogen-bond donors (Lipinski definition) is 1. The van der Waals surface area contributed by atoms with Crippen molar-refractivity contribution in [2.24, 2.45) is 11.7 Å². The van der Waals surface area contributed by atoms with E-state index in [0.29, 0.717) is 36.5 Å². The molecule has 0 bridgehead atoms. The van der Waals surface area contributed by atoms with Gasteiger partial charge in [-0.2, -0.15) is 5.10 Å². The Morgan fingerprint density at radius 2 is 2.44 bits per heavy atom. The molecule has 2 rings (SSSR count). The number of carbonyl (C=O) groups excluding carboxylic acids is 1. The molecule has 1 aliphatic rings. The molecular formula is C12H19ClN4O. The molecule has 100 valence electrons. The van der Waals surface area contributed by atoms with Crippen LogP contribution in [0.1, 0.15) is 19.8 Å². The quantitative estimate of drug-likeness (QED) is 0.892. The number of halogens is 1. The summed E-state index contributed by atoms with van der Waals surface area (Å²) >= 11 is 5.77. The molecule has 18 heavy (non-hydrogen) atoms. The lowest BCUT2D eigenvalue weighted by Crippen LogP contribution is -2.34. The molecule has 0 radical (unpaired) electrons. The van der Waals surface area contributed by atoms with E-state index >= 15 is 0 Å². The summed E-state index contributed by atoms with van der Waals surface area (Å²) in [5.41, 5.74) is 5.66. The van der Waals surface area contributed by atoms with Gasteiger partial charge in [0.1, 0.15) is 0 Å². The highest BCUT2D eigenvalue weighted by atomic mass is 35.5. The minimum atomic E-state index is 0.171. The van der Waals surface area contributed by atoms with Gasteiger partial charge < -0.3 is 10.6 Å². The lowest BCUT2D eigenvalue weighted by atomic mass is 10.1. The maximum absolute atomic E-state index is 12.1. The Balaban J connectivity index is 1.85. The standard InChI is InChI=1S/C12H19ClN4O/c1-9-4-10(5-14)7-17(9)12(18)2-3-16-8-11(13)6-15-16/h6,8-10H,2-5,7,14H2,1H3. The first kappa shape index (κ1) is 13.4. The van der Waals surface area contributed by atoms with Crippen LogP contribution >= 0.6 is 11.6 Å². The second kappa shape index (κ2) is 5.71. The lowest BCUT2D eigenvalue weighted by molar-refractivity contribution is -0.132. The van der Waals surface area contributed by atoms with E-state index in [2.05, 4.69) is 12.0 Å². The highest BCUT2D eigenvalue weighted by Gasteiger charge is 2.31. The molecule has 1 fully saturated rings. The van der Waals surface area contributed by atoms with Crippen LogP contribution in [0, 0.1) is 5.92 Å². The molecule has 0 aromatic carbocycles. The van der Waals surface area contributed by atoms with Crippen LogP contribution in [-0.4, -0.2) is 39.7 Å². The van der Waals surface area contributed by atoms with E-state index < -0.39 is 0 Å². The van der Waals surface area contributed by atoms with Crippen molar-refractivity contribution in [2.75, 3.05) is 13.1 Å². The van der Waals surface area contributed by atoms with Crippen LogP contribution in [0.15, 0.2) is 12.4 Å². The van der Waals surface area contributed by atoms with Crippen molar-refractivity contribution in [1.82, 2.24) is 14.7 Å². The summed E-state index contributed by atoms with van der Waals surface area (Å²) < 4.78 is 1.70. The maximum atomic E-state index is 12.1. The van der Waals surface area contributed by atoms with Crippen molar-refractivity contribution < 1.29 is 4.79 Å². The van der Waals surface area contributed by atoms with Crippen LogP contribution in [0.2, 0.25) is 5.02 Å². The molecule has 2 atom stereocenters. The molecule has 1 aromatic rings. The van der Waals surface area contributed by atoms with E-state index in [1.807, 2.05) is 4.90 Å². The summed E-state index contributed by atoms with van der Waals surface area (Å²) in [7, 11) is 0. The van der Waals surface area contributed by atoms with Gasteiger partial charge in [0.25, 0.3) is 0 Å². The molecule has 0 spiro atoms. The fraction of sp³-hybridized carbons (Fsp3) is 0.667. The van der Waals surface area contributed by atoms with E-state index in [4.69, 9.17) is 17.3 Å². The molecule has 5 nitrogen and oxygen atoms in total. The summed E-state index contributed by atoms with van der Waals surface area (Å²) in [6.07, 6.45) is 4.77. The normalized spacial score (nSPS) is 23.6. The van der Waals surface area contributed by atoms with Gasteiger partial charge in [0, 0.05) is 31.7 Å². The zero-order valence-electron chi connectivity index (χ0n) is 10.6. The average molecular weight is 271 g/mol. The summed E-state index contributed by atoms with van der Waals surface area (Å²) in [5, 5.41) is 4.66. The Morgan fingerprint density at radius 3 is 3.00 bits per heavy atom. The van der Waals surface area contributed by atoms with Gasteiger partial charge in [-0.15, -0.1) is 0 Å². The van der Waals surface area contributed by atoms with Crippen LogP contribution in [0.5, 0.6) is 0 Å². The third-order valence-corrected chi connectivity index (χ3v) is 3.67. The van der Waals surface area contributed by atoms with Gasteiger partial charge in [0.2, 0.25) is 5.91 Å². The molecule has 0 saturated carbocycles. The first-order chi connectivity index (χ1) is 8.60. The van der Waals surface area contributed by atoms with Gasteiger partial charge in [-0.25, -0.2) is 0 Å². The molecule has 2 N–H and O–H groups in total. The average Bonchev–Trinajstić information content (AvgIpc) is 2.92. The monoisotopic (exact) mass is 270 g/mol. The van der Waals surface area contributed by atoms with Gasteiger partial charge in [0.05, 0.1) is 11.2 Å². The Bertz CT molecular complexity index is 420. The summed E-state index contributed by atoms with van der Waals surface area (Å²) in [5.74, 6) is 0.619. The topological polar surface area (TPSA) is 64.2 Å². The highest BCUT2D eigenvalue weighted by Crippen LogP contribution is 2.22. The molecule has 2 unspecified atom stereocenters. The summed E-state index contributed by atoms with van der Waals surface area (Å²) in [4.78, 5) is 14.0. The van der Waals surface area contributed by atoms with Crippen LogP contribution in [0.3, 0.4) is 0 Å². The van der Waals surface area contributed by atoms with Crippen molar-refractivity contribution in [1.29, 1.82) is 0 Å². The largest absolute Gasteiger partial charge is 0.340 e. The molecule has 1 amide bonds. The van der Waals surface area contributed by atoms with Gasteiger partial charge in [-0.1, -0.05) is 11.6 Å². The number of aryl methyl sites for hydroxylation is 1. The second-order valence-electron chi connectivity index (χ2n) is 4.90. The lowest BCUT2D eigenvalue weighted by Gasteiger charge is -2.21. The molecule has 0 aliphatic carbocycles. The number of nitrogens with two attached hydrogens (primary N) is 1. The van der Waals surface area contributed by atoms with E-state index in [-0.39, 0.29) is 5.91 Å². The highest BCUT2D eigenvalue weighted by molar-refractivity contribution is 6.30. The summed E-state index contributed by atoms with van der Waals surface area (Å²) in [6.45, 7) is 4.10. The predicted octanol–water partition coefficient (Wildman–Crippen LogP) is 1.12. The zero-order valence-corrected chi connectivity index (χ0v) is 11.3. The number of aromatic nitrogens is 2. The second-order valence-corrected chi connectivity index (χ2v) is 5.34. The van der Waals surface area contributed by atoms with Crippen molar-refractivity contribution in [2.45, 2.75) is 32.4 Å². The zero-order chi connectivity index (χ0) is 13.1. The van der Waals surface area contributed by atoms with Crippen LogP contribution in [0.25, 0.3) is 0 Å². The third kappa shape index (κ3) is 3.03. The first-order valence-electron chi connectivity index (χ1n) is 6.27. The molecule has 1 aromatic heterocycles. The van der Waals surface area contributed by atoms with E-state index in [0.717, 1.165) is 13.0 Å². The minimum Gasteiger partial charge on any atom is -0.340 e. The fourth-order valence-electron chi connectivity index (χ4n) is 2.48. The number of nitrogens with zero attached hydrogens (tertiary/aromatic N) is 3. The van der Waals surface area contributed by atoms with Gasteiger partial charge >= 0.3 is 0 Å². The maximum Gasteiger partial charge on any atom is 0.224 e. The van der Waals surface area contributed by atoms with E-state index in [9.17, 15) is 4.79 Å². The first-order valence-corrected chi connectivity index (χ1v) is 6.65. The molecule has 1 saturated heterocycles. The van der Waals surface area contributed by atoms with Crippen molar-refractivity contribution in [3.8, 4) is 0 Å². The van der Waals surface area contributed by atoms with Gasteiger partial charge in [-0.3, -0.25) is 9.48 Å². The Hall–Kier alpha value is -1.07. The van der Waals surface area contributed by atoms with Gasteiger partial charge in [0.15, 0.2) is 0 Å². The van der Waals surface area contributed by atoms with E-state index in [1.165, 1.54) is 0 Å². The van der Waals surface area contributed by atoms with Crippen LogP contribution in [-0.2, 0) is 11.3 Å². The van der Waals surface area contributed by atoms with E-state index in [1.54, 1.807) is 17.1 Å². The number of likely N-dealkylation sites (tertiary alicyclic amines) is 1. The number of rotatable bonds is 4. The Kier molecular flexibility index (Phi) is 4.24. The van der Waals surface area contributed by atoms with Crippen molar-refractivity contribution in [3.05, 3.63) is 17.4 Å². The Labute approximate surface area is 112 Å². The minimum absolute atomic E-state index is 0.171. The molecule has 6 heteroatoms. The molecular weight excluding hydrogens is 252 g/mol. The number of hydrogen-bond acceptors (Lipinski definition) is 3. The Morgan fingerprint density at radius 1 is 1.67 bits per heavy atom. The van der Waals surface area contributed by atoms with Gasteiger partial charge in [-0.05, 0) is 25.8 Å². The van der Waals surface area contributed by atoms with Crippen LogP contribution in [0.4, 0.5) is 0 Å². The number of carbonyl (C=O) groups is 1. The molecule has 2 heterocycles. The predicted molar refractivity (Wildman–Crippen MR) is 70.2 cm³/mol. The van der Waals surface area contributed by atoms with Crippen molar-refractivity contribution >= 4 is 17.5 Å². The smallest absolute Gasteiger partial charge is 0.224 e. The summed E-state index contributed by atoms with van der Waals surface area (Å²) in [6, 6.07) is 0.298. The van der Waals surface area contributed by atoms with Crippen LogP contribution < -0.4 is 5.73 Å². The molecule has 1 aliphatic heterocycles. The third-order valence-electron chi connectivity index (χ3n) is 3.47. The van der Waals surface area contributed by atoms with Crippen molar-refractivity contribution in [3.63, 3.8) is 0 Å².